The number of amides is 3. The zero-order chi connectivity index (χ0) is 57.8. The molecule has 0 unspecified atom stereocenters. The molecule has 442 valence electrons. The topological polar surface area (TPSA) is 286 Å². The SMILES string of the molecule is CC(=O)NCCC[C@H](CC(=O)[C@@H](NC(=O)COCCOCCOCc1cn(CCOCCOCCOCCOCCC(=O)CCCCC[C@@H](N)C(=O)C(C)(C)C)nn1)C(C)C)C(=O)Nc1ccc(COC(=O)C(C)(C)C)cc1. The predicted molar refractivity (Wildman–Crippen MR) is 292 cm³/mol. The molecule has 0 saturated carbocycles. The van der Waals surface area contributed by atoms with Crippen LogP contribution >= 0.6 is 0 Å². The van der Waals surface area contributed by atoms with Gasteiger partial charge in [0.05, 0.1) is 116 Å². The summed E-state index contributed by atoms with van der Waals surface area (Å²) in [5, 5.41) is 16.6. The zero-order valence-electron chi connectivity index (χ0n) is 48.1. The number of ketones is 3. The summed E-state index contributed by atoms with van der Waals surface area (Å²) in [5.41, 5.74) is 6.85. The Hall–Kier alpha value is -5.07. The Kier molecular flexibility index (Phi) is 34.8. The standard InChI is InChI=1S/C56H93N7O15/c1-41(2)51(49(66)36-44(14-13-22-58-42(3)64)53(69)59-45-19-17-43(18-20-45)38-78-54(70)56(7,8)9)60-50(67)40-77-35-33-75-32-34-76-39-46-37-63(62-61-46)23-25-72-27-29-74-31-30-73-28-26-71-24-21-47(65)15-11-10-12-16-48(57)52(68)55(4,5)6/h17-20,37,41,44,48,51H,10-16,21-36,38-40,57H2,1-9H3,(H,58,64)(H,59,69)(H,60,67)/t44-,48-,51+/m1/s1. The summed E-state index contributed by atoms with van der Waals surface area (Å²) in [5.74, 6) is -2.44. The largest absolute Gasteiger partial charge is 0.460 e. The maximum atomic E-state index is 13.6. The van der Waals surface area contributed by atoms with Gasteiger partial charge in [-0.25, -0.2) is 4.68 Å². The first-order chi connectivity index (χ1) is 37.1. The van der Waals surface area contributed by atoms with Crippen molar-refractivity contribution in [1.29, 1.82) is 0 Å². The van der Waals surface area contributed by atoms with Crippen LogP contribution in [0.4, 0.5) is 5.69 Å². The van der Waals surface area contributed by atoms with Gasteiger partial charge in [0.2, 0.25) is 17.7 Å². The minimum absolute atomic E-state index is 0.0730. The quantitative estimate of drug-likeness (QED) is 0.0495. The van der Waals surface area contributed by atoms with Crippen molar-refractivity contribution in [1.82, 2.24) is 25.6 Å². The van der Waals surface area contributed by atoms with E-state index in [1.165, 1.54) is 6.92 Å². The van der Waals surface area contributed by atoms with E-state index in [0.717, 1.165) is 24.8 Å². The van der Waals surface area contributed by atoms with Gasteiger partial charge in [0, 0.05) is 49.8 Å². The molecule has 0 radical (unpaired) electrons. The Bertz CT molecular complexity index is 2050. The van der Waals surface area contributed by atoms with Gasteiger partial charge in [-0.15, -0.1) is 5.10 Å². The molecule has 0 aliphatic carbocycles. The summed E-state index contributed by atoms with van der Waals surface area (Å²) in [4.78, 5) is 87.9. The van der Waals surface area contributed by atoms with E-state index >= 15 is 0 Å². The van der Waals surface area contributed by atoms with E-state index in [4.69, 9.17) is 43.6 Å². The summed E-state index contributed by atoms with van der Waals surface area (Å²) in [7, 11) is 0. The fourth-order valence-electron chi connectivity index (χ4n) is 7.41. The summed E-state index contributed by atoms with van der Waals surface area (Å²) in [6, 6.07) is 5.58. The van der Waals surface area contributed by atoms with Crippen LogP contribution in [0.15, 0.2) is 30.5 Å². The average Bonchev–Trinajstić information content (AvgIpc) is 3.84. The van der Waals surface area contributed by atoms with Gasteiger partial charge in [-0.2, -0.15) is 0 Å². The summed E-state index contributed by atoms with van der Waals surface area (Å²) in [6.07, 6.45) is 6.45. The number of anilines is 1. The highest BCUT2D eigenvalue weighted by molar-refractivity contribution is 5.97. The Morgan fingerprint density at radius 1 is 0.667 bits per heavy atom. The second kappa shape index (κ2) is 39.3. The smallest absolute Gasteiger partial charge is 0.311 e. The lowest BCUT2D eigenvalue weighted by Gasteiger charge is -2.24. The molecular weight excluding hydrogens is 1010 g/mol. The van der Waals surface area contributed by atoms with Crippen LogP contribution in [0.2, 0.25) is 0 Å². The van der Waals surface area contributed by atoms with Gasteiger partial charge in [0.15, 0.2) is 11.6 Å². The van der Waals surface area contributed by atoms with Gasteiger partial charge in [-0.05, 0) is 70.1 Å². The molecule has 0 aliphatic rings. The third-order valence-electron chi connectivity index (χ3n) is 11.9. The van der Waals surface area contributed by atoms with E-state index < -0.39 is 34.7 Å². The molecule has 22 nitrogen and oxygen atoms in total. The van der Waals surface area contributed by atoms with Crippen LogP contribution in [0, 0.1) is 22.7 Å². The third-order valence-corrected chi connectivity index (χ3v) is 11.9. The molecule has 3 atom stereocenters. The molecule has 0 fully saturated rings. The van der Waals surface area contributed by atoms with Crippen LogP contribution in [0.25, 0.3) is 0 Å². The monoisotopic (exact) mass is 1100 g/mol. The number of hydrogen-bond donors (Lipinski definition) is 4. The number of hydrogen-bond acceptors (Lipinski definition) is 18. The maximum Gasteiger partial charge on any atom is 0.311 e. The Morgan fingerprint density at radius 2 is 1.26 bits per heavy atom. The number of ether oxygens (including phenoxy) is 8. The number of carbonyl (C=O) groups excluding carboxylic acids is 7. The Labute approximate surface area is 462 Å². The number of aromatic nitrogens is 3. The third kappa shape index (κ3) is 32.7. The summed E-state index contributed by atoms with van der Waals surface area (Å²) < 4.78 is 46.0. The number of esters is 1. The number of benzene rings is 1. The van der Waals surface area contributed by atoms with Crippen LogP contribution in [-0.2, 0) is 91.2 Å². The summed E-state index contributed by atoms with van der Waals surface area (Å²) >= 11 is 0. The number of nitrogens with two attached hydrogens (primary N) is 1. The molecule has 1 aromatic heterocycles. The van der Waals surface area contributed by atoms with Crippen LogP contribution in [0.3, 0.4) is 0 Å². The summed E-state index contributed by atoms with van der Waals surface area (Å²) in [6.45, 7) is 21.1. The molecule has 2 aromatic rings. The van der Waals surface area contributed by atoms with Crippen molar-refractivity contribution in [2.45, 2.75) is 152 Å². The molecule has 0 saturated heterocycles. The molecule has 0 spiro atoms. The van der Waals surface area contributed by atoms with Crippen molar-refractivity contribution in [3.63, 3.8) is 0 Å². The number of carbonyl (C=O) groups is 7. The van der Waals surface area contributed by atoms with Crippen LogP contribution < -0.4 is 21.7 Å². The number of unbranched alkanes of at least 4 members (excludes halogenated alkanes) is 2. The lowest BCUT2D eigenvalue weighted by Crippen LogP contribution is -2.47. The van der Waals surface area contributed by atoms with Crippen molar-refractivity contribution < 1.29 is 71.5 Å². The van der Waals surface area contributed by atoms with Crippen molar-refractivity contribution in [3.05, 3.63) is 41.7 Å². The average molecular weight is 1100 g/mol. The molecule has 2 rings (SSSR count). The molecule has 0 bridgehead atoms. The fraction of sp³-hybridized carbons (Fsp3) is 0.732. The fourth-order valence-corrected chi connectivity index (χ4v) is 7.41. The molecule has 3 amide bonds. The van der Waals surface area contributed by atoms with Crippen LogP contribution in [-0.4, -0.2) is 161 Å². The second-order valence-electron chi connectivity index (χ2n) is 21.5. The predicted octanol–water partition coefficient (Wildman–Crippen LogP) is 5.11. The Balaban J connectivity index is 1.52. The van der Waals surface area contributed by atoms with Crippen molar-refractivity contribution in [3.8, 4) is 0 Å². The van der Waals surface area contributed by atoms with E-state index in [-0.39, 0.29) is 87.1 Å². The normalized spacial score (nSPS) is 13.0. The second-order valence-corrected chi connectivity index (χ2v) is 21.5. The highest BCUT2D eigenvalue weighted by atomic mass is 16.6. The maximum absolute atomic E-state index is 13.6. The number of nitrogens with zero attached hydrogens (tertiary/aromatic N) is 3. The van der Waals surface area contributed by atoms with Gasteiger partial charge >= 0.3 is 5.97 Å². The molecule has 78 heavy (non-hydrogen) atoms. The zero-order valence-corrected chi connectivity index (χ0v) is 48.1. The van der Waals surface area contributed by atoms with Gasteiger partial charge in [0.25, 0.3) is 0 Å². The first-order valence-electron chi connectivity index (χ1n) is 27.4. The lowest BCUT2D eigenvalue weighted by atomic mass is 9.85. The van der Waals surface area contributed by atoms with E-state index in [0.29, 0.717) is 116 Å². The van der Waals surface area contributed by atoms with Gasteiger partial charge in [-0.3, -0.25) is 33.6 Å². The number of rotatable bonds is 45. The molecule has 22 heteroatoms. The van der Waals surface area contributed by atoms with Gasteiger partial charge in [-0.1, -0.05) is 64.8 Å². The van der Waals surface area contributed by atoms with E-state index in [1.54, 1.807) is 55.9 Å². The molecule has 1 heterocycles. The minimum Gasteiger partial charge on any atom is -0.460 e. The minimum atomic E-state index is -0.858. The Morgan fingerprint density at radius 3 is 1.85 bits per heavy atom. The molecule has 0 aliphatic heterocycles. The highest BCUT2D eigenvalue weighted by Crippen LogP contribution is 2.22. The van der Waals surface area contributed by atoms with Gasteiger partial charge in [0.1, 0.15) is 24.7 Å². The van der Waals surface area contributed by atoms with Crippen molar-refractivity contribution in [2.75, 3.05) is 97.8 Å². The van der Waals surface area contributed by atoms with Crippen LogP contribution in [0.1, 0.15) is 131 Å². The van der Waals surface area contributed by atoms with Crippen LogP contribution in [0.5, 0.6) is 0 Å². The van der Waals surface area contributed by atoms with E-state index in [2.05, 4.69) is 26.3 Å². The molecule has 1 aromatic carbocycles. The van der Waals surface area contributed by atoms with Gasteiger partial charge < -0.3 is 59.6 Å². The molecular formula is C56H93N7O15. The number of Topliss-reactive ketones (excluding diaryl/α,β-unsaturated/α-hetero) is 3. The van der Waals surface area contributed by atoms with E-state index in [9.17, 15) is 33.6 Å². The van der Waals surface area contributed by atoms with Crippen molar-refractivity contribution >= 4 is 46.7 Å². The number of nitrogens with one attached hydrogen (secondary N) is 3. The first kappa shape index (κ1) is 69.0. The van der Waals surface area contributed by atoms with Crippen molar-refractivity contribution in [2.24, 2.45) is 28.4 Å². The highest BCUT2D eigenvalue weighted by Gasteiger charge is 2.30. The van der Waals surface area contributed by atoms with E-state index in [1.807, 2.05) is 34.6 Å². The lowest BCUT2D eigenvalue weighted by molar-refractivity contribution is -0.154. The molecule has 5 N–H and O–H groups in total. The first-order valence-corrected chi connectivity index (χ1v) is 27.4.